The van der Waals surface area contributed by atoms with Crippen molar-refractivity contribution < 1.29 is 38.5 Å². The zero-order valence-corrected chi connectivity index (χ0v) is 15.5. The summed E-state index contributed by atoms with van der Waals surface area (Å²) in [6.07, 6.45) is -2.73. The number of carboxylic acid groups (broad SMARTS) is 1. The molecule has 25 heavy (non-hydrogen) atoms. The van der Waals surface area contributed by atoms with Crippen LogP contribution in [0.4, 0.5) is 9.59 Å². The summed E-state index contributed by atoms with van der Waals surface area (Å²) in [7, 11) is 1.02. The van der Waals surface area contributed by atoms with Crippen molar-refractivity contribution in [2.75, 3.05) is 7.11 Å². The minimum Gasteiger partial charge on any atom is -0.550 e. The fraction of sp³-hybridized carbons (Fsp3) is 0.750. The van der Waals surface area contributed by atoms with Gasteiger partial charge in [-0.1, -0.05) is 0 Å². The number of carbonyl (C=O) groups is 4. The molecule has 0 spiro atoms. The Morgan fingerprint density at radius 1 is 0.960 bits per heavy atom. The van der Waals surface area contributed by atoms with Gasteiger partial charge in [0.15, 0.2) is 5.54 Å². The highest BCUT2D eigenvalue weighted by atomic mass is 16.6. The van der Waals surface area contributed by atoms with Gasteiger partial charge in [0.05, 0.1) is 7.11 Å². The van der Waals surface area contributed by atoms with Gasteiger partial charge in [0.1, 0.15) is 11.2 Å². The number of aliphatic carboxylic acids is 1. The highest BCUT2D eigenvalue weighted by Gasteiger charge is 2.70. The van der Waals surface area contributed by atoms with E-state index in [9.17, 15) is 24.3 Å². The molecule has 0 aliphatic heterocycles. The molecule has 9 nitrogen and oxygen atoms in total. The summed E-state index contributed by atoms with van der Waals surface area (Å²) in [6, 6.07) is 0. The van der Waals surface area contributed by atoms with Gasteiger partial charge in [0.25, 0.3) is 0 Å². The van der Waals surface area contributed by atoms with Gasteiger partial charge in [-0.05, 0) is 48.0 Å². The summed E-state index contributed by atoms with van der Waals surface area (Å²) in [5.74, 6) is -4.04. The van der Waals surface area contributed by atoms with Crippen molar-refractivity contribution in [2.24, 2.45) is 5.92 Å². The fourth-order valence-corrected chi connectivity index (χ4v) is 2.29. The van der Waals surface area contributed by atoms with E-state index in [4.69, 9.17) is 9.47 Å². The summed E-state index contributed by atoms with van der Waals surface area (Å²) >= 11 is 0. The monoisotopic (exact) mass is 358 g/mol. The molecule has 0 bridgehead atoms. The van der Waals surface area contributed by atoms with Crippen LogP contribution < -0.4 is 5.11 Å². The molecule has 2 amide bonds. The highest BCUT2D eigenvalue weighted by Crippen LogP contribution is 2.50. The van der Waals surface area contributed by atoms with E-state index >= 15 is 0 Å². The van der Waals surface area contributed by atoms with Gasteiger partial charge in [0, 0.05) is 11.9 Å². The number of hydrogen-bond acceptors (Lipinski definition) is 8. The van der Waals surface area contributed by atoms with Crippen LogP contribution >= 0.6 is 0 Å². The van der Waals surface area contributed by atoms with Gasteiger partial charge in [-0.15, -0.1) is 0 Å². The smallest absolute Gasteiger partial charge is 0.420 e. The van der Waals surface area contributed by atoms with Crippen LogP contribution in [0.2, 0.25) is 0 Å². The van der Waals surface area contributed by atoms with Crippen molar-refractivity contribution >= 4 is 24.1 Å². The predicted molar refractivity (Wildman–Crippen MR) is 82.2 cm³/mol. The first-order valence-corrected chi connectivity index (χ1v) is 7.71. The summed E-state index contributed by atoms with van der Waals surface area (Å²) in [4.78, 5) is 49.0. The quantitative estimate of drug-likeness (QED) is 0.537. The molecule has 0 aromatic heterocycles. The molecule has 0 N–H and O–H groups in total. The van der Waals surface area contributed by atoms with Crippen molar-refractivity contribution in [1.82, 2.24) is 4.90 Å². The maximum Gasteiger partial charge on any atom is 0.420 e. The van der Waals surface area contributed by atoms with E-state index in [0.29, 0.717) is 4.90 Å². The molecular weight excluding hydrogens is 334 g/mol. The van der Waals surface area contributed by atoms with E-state index in [1.807, 2.05) is 0 Å². The molecule has 0 unspecified atom stereocenters. The first-order chi connectivity index (χ1) is 11.2. The Bertz CT molecular complexity index is 558. The molecule has 9 heteroatoms. The third-order valence-corrected chi connectivity index (χ3v) is 3.31. The Labute approximate surface area is 146 Å². The van der Waals surface area contributed by atoms with Crippen LogP contribution in [-0.2, 0) is 23.8 Å². The van der Waals surface area contributed by atoms with Crippen LogP contribution in [0.3, 0.4) is 0 Å². The van der Waals surface area contributed by atoms with Gasteiger partial charge in [-0.25, -0.2) is 14.4 Å². The molecule has 0 heterocycles. The molecule has 142 valence electrons. The number of methoxy groups -OCH3 is 1. The first kappa shape index (κ1) is 20.7. The third kappa shape index (κ3) is 4.61. The standard InChI is InChI=1S/C16H25NO8/c1-14(2,3)24-12(21)17(13(22)25-15(4,5)6)16(11(20)23-7)8-9(16)10(18)19/h9H,8H2,1-7H3,(H,18,19)/p-1/t9-,16-/m0/s1. The second-order valence-electron chi connectivity index (χ2n) is 7.79. The number of ether oxygens (including phenoxy) is 3. The number of carboxylic acids is 1. The zero-order valence-electron chi connectivity index (χ0n) is 15.5. The van der Waals surface area contributed by atoms with Crippen LogP contribution in [0.15, 0.2) is 0 Å². The maximum atomic E-state index is 12.5. The van der Waals surface area contributed by atoms with E-state index in [2.05, 4.69) is 4.74 Å². The molecule has 0 aromatic carbocycles. The van der Waals surface area contributed by atoms with Crippen LogP contribution in [0, 0.1) is 5.92 Å². The first-order valence-electron chi connectivity index (χ1n) is 7.71. The molecule has 2 atom stereocenters. The number of nitrogens with zero attached hydrogens (tertiary/aromatic N) is 1. The molecule has 0 radical (unpaired) electrons. The molecule has 0 aromatic rings. The Hall–Kier alpha value is -2.32. The average Bonchev–Trinajstić information content (AvgIpc) is 3.10. The molecule has 1 fully saturated rings. The Morgan fingerprint density at radius 3 is 1.60 bits per heavy atom. The lowest BCUT2D eigenvalue weighted by Gasteiger charge is -2.33. The molecular formula is C16H24NO8-. The normalized spacial score (nSPS) is 22.6. The Morgan fingerprint density at radius 2 is 1.36 bits per heavy atom. The number of amides is 2. The second-order valence-corrected chi connectivity index (χ2v) is 7.79. The number of rotatable bonds is 3. The zero-order chi connectivity index (χ0) is 19.8. The van der Waals surface area contributed by atoms with E-state index < -0.39 is 46.8 Å². The predicted octanol–water partition coefficient (Wildman–Crippen LogP) is 0.840. The summed E-state index contributed by atoms with van der Waals surface area (Å²) in [5.41, 5.74) is -4.01. The maximum absolute atomic E-state index is 12.5. The Kier molecular flexibility index (Phi) is 5.41. The van der Waals surface area contributed by atoms with E-state index in [1.165, 1.54) is 0 Å². The van der Waals surface area contributed by atoms with Gasteiger partial charge in [-0.3, -0.25) is 0 Å². The summed E-state index contributed by atoms with van der Waals surface area (Å²) < 4.78 is 14.9. The molecule has 1 aliphatic carbocycles. The second kappa shape index (κ2) is 6.53. The van der Waals surface area contributed by atoms with Gasteiger partial charge in [0.2, 0.25) is 0 Å². The van der Waals surface area contributed by atoms with Crippen LogP contribution in [0.1, 0.15) is 48.0 Å². The van der Waals surface area contributed by atoms with E-state index in [-0.39, 0.29) is 6.42 Å². The molecule has 1 saturated carbocycles. The minimum atomic E-state index is -2.04. The minimum absolute atomic E-state index is 0.333. The van der Waals surface area contributed by atoms with Crippen molar-refractivity contribution in [3.05, 3.63) is 0 Å². The number of esters is 1. The number of carbonyl (C=O) groups excluding carboxylic acids is 4. The van der Waals surface area contributed by atoms with Crippen molar-refractivity contribution in [3.8, 4) is 0 Å². The van der Waals surface area contributed by atoms with Gasteiger partial charge >= 0.3 is 18.2 Å². The largest absolute Gasteiger partial charge is 0.550 e. The third-order valence-electron chi connectivity index (χ3n) is 3.31. The lowest BCUT2D eigenvalue weighted by Crippen LogP contribution is -2.56. The lowest BCUT2D eigenvalue weighted by atomic mass is 10.1. The van der Waals surface area contributed by atoms with Crippen molar-refractivity contribution in [1.29, 1.82) is 0 Å². The lowest BCUT2D eigenvalue weighted by molar-refractivity contribution is -0.308. The fourth-order valence-electron chi connectivity index (χ4n) is 2.29. The van der Waals surface area contributed by atoms with Crippen molar-refractivity contribution in [3.63, 3.8) is 0 Å². The van der Waals surface area contributed by atoms with E-state index in [1.54, 1.807) is 41.5 Å². The average molecular weight is 358 g/mol. The van der Waals surface area contributed by atoms with Gasteiger partial charge in [-0.2, -0.15) is 4.90 Å². The highest BCUT2D eigenvalue weighted by molar-refractivity contribution is 6.02. The van der Waals surface area contributed by atoms with Gasteiger partial charge < -0.3 is 24.1 Å². The summed E-state index contributed by atoms with van der Waals surface area (Å²) in [6.45, 7) is 9.37. The summed E-state index contributed by atoms with van der Waals surface area (Å²) in [5, 5.41) is 11.3. The molecule has 0 saturated heterocycles. The Balaban J connectivity index is 3.34. The molecule has 1 rings (SSSR count). The number of hydrogen-bond donors (Lipinski definition) is 0. The molecule has 1 aliphatic rings. The number of imide groups is 1. The SMILES string of the molecule is COC(=O)[C@]1(N(C(=O)OC(C)(C)C)C(=O)OC(C)(C)C)C[C@H]1C(=O)[O-]. The van der Waals surface area contributed by atoms with Crippen molar-refractivity contribution in [2.45, 2.75) is 64.7 Å². The topological polar surface area (TPSA) is 122 Å². The van der Waals surface area contributed by atoms with Crippen LogP contribution in [-0.4, -0.2) is 52.9 Å². The van der Waals surface area contributed by atoms with Crippen LogP contribution in [0.25, 0.3) is 0 Å². The van der Waals surface area contributed by atoms with Crippen LogP contribution in [0.5, 0.6) is 0 Å². The van der Waals surface area contributed by atoms with E-state index in [0.717, 1.165) is 7.11 Å².